The number of hydrogen-bond acceptors (Lipinski definition) is 6. The Morgan fingerprint density at radius 3 is 2.54 bits per heavy atom. The van der Waals surface area contributed by atoms with Gasteiger partial charge in [0.2, 0.25) is 5.78 Å². The number of aliphatic imine (C=N–C) groups is 1. The number of carbonyl (C=O) groups excluding carboxylic acids is 2. The summed E-state index contributed by atoms with van der Waals surface area (Å²) in [6.07, 6.45) is 7.66. The number of piperazine rings is 1. The number of benzene rings is 1. The first-order valence-electron chi connectivity index (χ1n) is 8.82. The fourth-order valence-corrected chi connectivity index (χ4v) is 3.47. The van der Waals surface area contributed by atoms with E-state index in [2.05, 4.69) is 15.0 Å². The highest BCUT2D eigenvalue weighted by molar-refractivity contribution is 6.45. The summed E-state index contributed by atoms with van der Waals surface area (Å²) in [4.78, 5) is 32.9. The molecule has 0 radical (unpaired) electrons. The molecule has 0 spiro atoms. The molecule has 144 valence electrons. The summed E-state index contributed by atoms with van der Waals surface area (Å²) in [5, 5.41) is 6.91. The monoisotopic (exact) mass is 417 g/mol. The third-order valence-corrected chi connectivity index (χ3v) is 5.48. The number of Topliss-reactive ketones (excluding diaryl/α,β-unsaturated/α-hetero) is 1. The fraction of sp³-hybridized carbons (Fsp3) is 0.263. The molecule has 1 fully saturated rings. The summed E-state index contributed by atoms with van der Waals surface area (Å²) in [6, 6.07) is 4.45. The molecule has 1 saturated heterocycles. The Morgan fingerprint density at radius 1 is 1.00 bits per heavy atom. The number of allylic oxidation sites excluding steroid dienone is 1. The van der Waals surface area contributed by atoms with E-state index in [1.807, 2.05) is 18.2 Å². The first kappa shape index (κ1) is 18.7. The Balaban J connectivity index is 1.38. The van der Waals surface area contributed by atoms with E-state index in [1.54, 1.807) is 16.2 Å². The van der Waals surface area contributed by atoms with Crippen LogP contribution in [0.2, 0.25) is 10.0 Å². The minimum Gasteiger partial charge on any atom is -0.352 e. The van der Waals surface area contributed by atoms with Crippen molar-refractivity contribution in [3.8, 4) is 0 Å². The molecule has 0 aliphatic carbocycles. The lowest BCUT2D eigenvalue weighted by atomic mass is 10.1. The van der Waals surface area contributed by atoms with E-state index < -0.39 is 11.7 Å². The van der Waals surface area contributed by atoms with E-state index in [4.69, 9.17) is 23.2 Å². The van der Waals surface area contributed by atoms with Crippen LogP contribution in [0.15, 0.2) is 52.2 Å². The van der Waals surface area contributed by atoms with Crippen LogP contribution in [0.4, 0.5) is 0 Å². The molecule has 1 aromatic carbocycles. The first-order valence-corrected chi connectivity index (χ1v) is 9.58. The molecule has 3 aliphatic rings. The number of rotatable bonds is 2. The summed E-state index contributed by atoms with van der Waals surface area (Å²) in [5.41, 5.74) is 1.24. The average molecular weight is 418 g/mol. The van der Waals surface area contributed by atoms with E-state index >= 15 is 0 Å². The second-order valence-electron chi connectivity index (χ2n) is 6.48. The Labute approximate surface area is 172 Å². The van der Waals surface area contributed by atoms with Crippen molar-refractivity contribution in [2.24, 2.45) is 10.1 Å². The summed E-state index contributed by atoms with van der Waals surface area (Å²) < 4.78 is 0. The molecule has 0 aromatic heterocycles. The molecule has 0 unspecified atom stereocenters. The van der Waals surface area contributed by atoms with E-state index in [0.29, 0.717) is 37.7 Å². The Bertz CT molecular complexity index is 946. The number of halogens is 2. The molecule has 0 bridgehead atoms. The van der Waals surface area contributed by atoms with Gasteiger partial charge in [-0.15, -0.1) is 5.10 Å². The molecule has 0 saturated carbocycles. The molecule has 0 atom stereocenters. The summed E-state index contributed by atoms with van der Waals surface area (Å²) >= 11 is 11.8. The lowest BCUT2D eigenvalue weighted by Gasteiger charge is -2.36. The fourth-order valence-electron chi connectivity index (χ4n) is 3.17. The third-order valence-electron chi connectivity index (χ3n) is 4.74. The van der Waals surface area contributed by atoms with Crippen LogP contribution in [0, 0.1) is 0 Å². The maximum absolute atomic E-state index is 12.6. The molecule has 9 heteroatoms. The van der Waals surface area contributed by atoms with Gasteiger partial charge >= 0.3 is 0 Å². The molecule has 4 rings (SSSR count). The highest BCUT2D eigenvalue weighted by Crippen LogP contribution is 2.23. The lowest BCUT2D eigenvalue weighted by Crippen LogP contribution is -2.52. The topological polar surface area (TPSA) is 68.6 Å². The molecule has 1 aromatic rings. The van der Waals surface area contributed by atoms with Crippen molar-refractivity contribution >= 4 is 47.1 Å². The van der Waals surface area contributed by atoms with Gasteiger partial charge in [-0.25, -0.2) is 5.01 Å². The normalized spacial score (nSPS) is 18.6. The highest BCUT2D eigenvalue weighted by atomic mass is 35.5. The molecular formula is C19H17Cl2N5O2. The van der Waals surface area contributed by atoms with Gasteiger partial charge in [0.1, 0.15) is 12.2 Å². The number of ketones is 1. The van der Waals surface area contributed by atoms with Crippen LogP contribution in [0.25, 0.3) is 0 Å². The van der Waals surface area contributed by atoms with Crippen molar-refractivity contribution in [2.45, 2.75) is 0 Å². The maximum Gasteiger partial charge on any atom is 0.295 e. The van der Waals surface area contributed by atoms with Crippen LogP contribution < -0.4 is 0 Å². The predicted octanol–water partition coefficient (Wildman–Crippen LogP) is 2.43. The molecular weight excluding hydrogens is 401 g/mol. The molecule has 3 heterocycles. The average Bonchev–Trinajstić information content (AvgIpc) is 2.74. The van der Waals surface area contributed by atoms with Gasteiger partial charge in [-0.05, 0) is 36.4 Å². The van der Waals surface area contributed by atoms with Crippen molar-refractivity contribution < 1.29 is 9.59 Å². The van der Waals surface area contributed by atoms with Gasteiger partial charge in [-0.3, -0.25) is 14.6 Å². The van der Waals surface area contributed by atoms with E-state index in [-0.39, 0.29) is 10.6 Å². The second-order valence-corrected chi connectivity index (χ2v) is 7.30. The minimum atomic E-state index is -0.582. The first-order chi connectivity index (χ1) is 13.5. The van der Waals surface area contributed by atoms with Crippen molar-refractivity contribution in [3.05, 3.63) is 57.7 Å². The van der Waals surface area contributed by atoms with Crippen LogP contribution in [0.5, 0.6) is 0 Å². The van der Waals surface area contributed by atoms with Crippen LogP contribution in [-0.2, 0) is 4.79 Å². The van der Waals surface area contributed by atoms with Gasteiger partial charge in [0, 0.05) is 31.7 Å². The number of amides is 1. The lowest BCUT2D eigenvalue weighted by molar-refractivity contribution is -0.127. The molecule has 7 nitrogen and oxygen atoms in total. The minimum absolute atomic E-state index is 0.241. The van der Waals surface area contributed by atoms with Gasteiger partial charge in [0.15, 0.2) is 0 Å². The second kappa shape index (κ2) is 7.77. The van der Waals surface area contributed by atoms with Crippen molar-refractivity contribution in [3.63, 3.8) is 0 Å². The van der Waals surface area contributed by atoms with Crippen molar-refractivity contribution in [1.29, 1.82) is 0 Å². The zero-order valence-corrected chi connectivity index (χ0v) is 16.4. The summed E-state index contributed by atoms with van der Waals surface area (Å²) in [5.74, 6) is -0.304. The maximum atomic E-state index is 12.6. The zero-order valence-electron chi connectivity index (χ0n) is 14.9. The van der Waals surface area contributed by atoms with Gasteiger partial charge in [0.25, 0.3) is 5.91 Å². The van der Waals surface area contributed by atoms with Crippen LogP contribution >= 0.6 is 23.2 Å². The zero-order chi connectivity index (χ0) is 19.7. The van der Waals surface area contributed by atoms with Gasteiger partial charge in [0.05, 0.1) is 22.3 Å². The Kier molecular flexibility index (Phi) is 5.19. The number of fused-ring (bicyclic) bond motifs is 1. The van der Waals surface area contributed by atoms with Gasteiger partial charge < -0.3 is 9.80 Å². The Hall–Kier alpha value is -2.64. The number of hydrogen-bond donors (Lipinski definition) is 0. The predicted molar refractivity (Wildman–Crippen MR) is 109 cm³/mol. The van der Waals surface area contributed by atoms with Crippen LogP contribution in [0.3, 0.4) is 0 Å². The number of carbonyl (C=O) groups is 2. The van der Waals surface area contributed by atoms with E-state index in [9.17, 15) is 9.59 Å². The van der Waals surface area contributed by atoms with Crippen LogP contribution in [-0.4, -0.2) is 71.4 Å². The largest absolute Gasteiger partial charge is 0.352 e. The SMILES string of the molecule is O=C(C(=O)N1CCN(C2=NN3C=NCC=C3C=C2)CC1)c1ccc(Cl)c(Cl)c1. The van der Waals surface area contributed by atoms with Crippen molar-refractivity contribution in [2.75, 3.05) is 32.7 Å². The molecule has 0 N–H and O–H groups in total. The van der Waals surface area contributed by atoms with Gasteiger partial charge in [-0.2, -0.15) is 0 Å². The summed E-state index contributed by atoms with van der Waals surface area (Å²) in [7, 11) is 0. The molecule has 3 aliphatic heterocycles. The smallest absolute Gasteiger partial charge is 0.295 e. The Morgan fingerprint density at radius 2 is 1.79 bits per heavy atom. The van der Waals surface area contributed by atoms with E-state index in [0.717, 1.165) is 11.5 Å². The number of hydrazone groups is 1. The van der Waals surface area contributed by atoms with Gasteiger partial charge in [-0.1, -0.05) is 23.2 Å². The number of amidine groups is 1. The summed E-state index contributed by atoms with van der Waals surface area (Å²) in [6.45, 7) is 2.72. The van der Waals surface area contributed by atoms with Crippen LogP contribution in [0.1, 0.15) is 10.4 Å². The molecule has 1 amide bonds. The third kappa shape index (κ3) is 3.68. The molecule has 28 heavy (non-hydrogen) atoms. The number of nitrogens with zero attached hydrogens (tertiary/aromatic N) is 5. The van der Waals surface area contributed by atoms with Crippen molar-refractivity contribution in [1.82, 2.24) is 14.8 Å². The van der Waals surface area contributed by atoms with E-state index in [1.165, 1.54) is 18.2 Å². The quantitative estimate of drug-likeness (QED) is 0.547. The standard InChI is InChI=1S/C19H17Cl2N5O2/c20-15-3-1-13(11-16(15)21)18(27)19(28)25-9-7-24(8-10-25)17-4-2-14-5-6-22-12-26(14)23-17/h1-5,11-12H,6-10H2. The highest BCUT2D eigenvalue weighted by Gasteiger charge is 2.28.